The molecule has 4 N–H and O–H groups in total. The second-order valence-electron chi connectivity index (χ2n) is 10.6. The van der Waals surface area contributed by atoms with E-state index >= 15 is 0 Å². The average molecular weight is 581 g/mol. The van der Waals surface area contributed by atoms with Gasteiger partial charge in [-0.1, -0.05) is 54.6 Å². The second kappa shape index (κ2) is 11.9. The van der Waals surface area contributed by atoms with Gasteiger partial charge in [-0.25, -0.2) is 18.2 Å². The summed E-state index contributed by atoms with van der Waals surface area (Å²) in [7, 11) is -3.89. The lowest BCUT2D eigenvalue weighted by molar-refractivity contribution is -0.124. The molecule has 216 valence electrons. The van der Waals surface area contributed by atoms with E-state index in [-0.39, 0.29) is 23.8 Å². The zero-order chi connectivity index (χ0) is 29.8. The molecule has 1 aromatic heterocycles. The molecule has 0 bridgehead atoms. The van der Waals surface area contributed by atoms with Crippen molar-refractivity contribution in [2.75, 3.05) is 4.72 Å². The first-order valence-corrected chi connectivity index (χ1v) is 14.6. The van der Waals surface area contributed by atoms with Crippen molar-refractivity contribution >= 4 is 33.5 Å². The van der Waals surface area contributed by atoms with Gasteiger partial charge >= 0.3 is 6.09 Å². The Labute approximate surface area is 237 Å². The number of nitrogens with one attached hydrogen (secondary N) is 4. The Hall–Kier alpha value is -4.52. The molecule has 12 nitrogen and oxygen atoms in total. The van der Waals surface area contributed by atoms with Crippen LogP contribution in [0.5, 0.6) is 0 Å². The van der Waals surface area contributed by atoms with Crippen LogP contribution in [0, 0.1) is 5.41 Å². The smallest absolute Gasteiger partial charge is 0.413 e. The number of aromatic nitrogens is 2. The lowest BCUT2D eigenvalue weighted by Gasteiger charge is -2.19. The molecule has 2 aromatic carbocycles. The number of benzene rings is 2. The Kier molecular flexibility index (Phi) is 8.57. The number of nitrogens with zero attached hydrogens (tertiary/aromatic N) is 2. The number of carbonyl (C=O) groups is 2. The number of amidine groups is 1. The van der Waals surface area contributed by atoms with E-state index in [1.165, 1.54) is 10.8 Å². The first-order chi connectivity index (χ1) is 19.3. The SMILES string of the molecule is CC(C)(C)OC(=O)NC(=N)c1ccc(CNC(=O)[C@@H]2CCc3ncc(NS(=O)(=O)Cc4ccccc4)c(=O)n32)cc1. The van der Waals surface area contributed by atoms with E-state index < -0.39 is 39.2 Å². The van der Waals surface area contributed by atoms with Crippen molar-refractivity contribution in [2.45, 2.75) is 57.6 Å². The third-order valence-electron chi connectivity index (χ3n) is 6.13. The fourth-order valence-corrected chi connectivity index (χ4v) is 5.47. The van der Waals surface area contributed by atoms with Gasteiger partial charge in [-0.15, -0.1) is 0 Å². The van der Waals surface area contributed by atoms with Crippen molar-refractivity contribution in [1.29, 1.82) is 5.41 Å². The number of aryl methyl sites for hydroxylation is 1. The molecular formula is C28H32N6O6S. The van der Waals surface area contributed by atoms with Gasteiger partial charge in [0.05, 0.1) is 11.9 Å². The molecule has 0 saturated carbocycles. The number of hydrogen-bond acceptors (Lipinski definition) is 8. The van der Waals surface area contributed by atoms with Crippen LogP contribution in [0.1, 0.15) is 55.7 Å². The van der Waals surface area contributed by atoms with E-state index in [2.05, 4.69) is 20.3 Å². The van der Waals surface area contributed by atoms with E-state index in [0.29, 0.717) is 29.8 Å². The standard InChI is InChI=1S/C28H32N6O6S/c1-28(2,3)40-27(37)32-24(29)20-11-9-18(10-12-20)15-31-25(35)22-13-14-23-30-16-21(26(36)34(22)23)33-41(38,39)17-19-7-5-4-6-8-19/h4-12,16,22,33H,13-15,17H2,1-3H3,(H,31,35)(H2,29,32,37)/t22-/m0/s1. The molecule has 0 unspecified atom stereocenters. The minimum absolute atomic E-state index is 0.125. The molecule has 4 rings (SSSR count). The van der Waals surface area contributed by atoms with Crippen LogP contribution in [0.3, 0.4) is 0 Å². The number of rotatable bonds is 8. The lowest BCUT2D eigenvalue weighted by atomic mass is 10.1. The zero-order valence-electron chi connectivity index (χ0n) is 22.9. The molecule has 2 amide bonds. The van der Waals surface area contributed by atoms with Crippen LogP contribution >= 0.6 is 0 Å². The minimum atomic E-state index is -3.89. The Morgan fingerprint density at radius 3 is 2.41 bits per heavy atom. The van der Waals surface area contributed by atoms with Gasteiger partial charge in [0.25, 0.3) is 5.56 Å². The van der Waals surface area contributed by atoms with Crippen molar-refractivity contribution in [2.24, 2.45) is 0 Å². The lowest BCUT2D eigenvalue weighted by Crippen LogP contribution is -2.37. The minimum Gasteiger partial charge on any atom is -0.444 e. The van der Waals surface area contributed by atoms with Crippen LogP contribution in [-0.2, 0) is 38.3 Å². The van der Waals surface area contributed by atoms with Crippen molar-refractivity contribution in [1.82, 2.24) is 20.2 Å². The molecule has 41 heavy (non-hydrogen) atoms. The number of alkyl carbamates (subject to hydrolysis) is 1. The van der Waals surface area contributed by atoms with Gasteiger partial charge in [0.15, 0.2) is 0 Å². The van der Waals surface area contributed by atoms with Crippen molar-refractivity contribution in [3.8, 4) is 0 Å². The van der Waals surface area contributed by atoms with E-state index in [1.807, 2.05) is 0 Å². The summed E-state index contributed by atoms with van der Waals surface area (Å²) in [6, 6.07) is 14.4. The topological polar surface area (TPSA) is 172 Å². The number of sulfonamides is 1. The van der Waals surface area contributed by atoms with Gasteiger partial charge in [0.1, 0.15) is 29.0 Å². The molecular weight excluding hydrogens is 548 g/mol. The largest absolute Gasteiger partial charge is 0.444 e. The molecule has 0 saturated heterocycles. The third kappa shape index (κ3) is 7.78. The summed E-state index contributed by atoms with van der Waals surface area (Å²) < 4.78 is 34.0. The highest BCUT2D eigenvalue weighted by Gasteiger charge is 2.31. The van der Waals surface area contributed by atoms with Crippen LogP contribution in [0.15, 0.2) is 65.6 Å². The number of fused-ring (bicyclic) bond motifs is 1. The van der Waals surface area contributed by atoms with E-state index in [0.717, 1.165) is 5.56 Å². The Bertz CT molecular complexity index is 1610. The maximum Gasteiger partial charge on any atom is 0.413 e. The van der Waals surface area contributed by atoms with Gasteiger partial charge in [-0.05, 0) is 38.3 Å². The first-order valence-electron chi connectivity index (χ1n) is 12.9. The number of ether oxygens (including phenoxy) is 1. The maximum absolute atomic E-state index is 13.2. The summed E-state index contributed by atoms with van der Waals surface area (Å²) in [6.07, 6.45) is 1.20. The molecule has 0 radical (unpaired) electrons. The molecule has 0 spiro atoms. The third-order valence-corrected chi connectivity index (χ3v) is 7.37. The Morgan fingerprint density at radius 1 is 1.07 bits per heavy atom. The summed E-state index contributed by atoms with van der Waals surface area (Å²) in [6.45, 7) is 5.33. The number of anilines is 1. The fraction of sp³-hybridized carbons (Fsp3) is 0.321. The first kappa shape index (κ1) is 29.5. The normalized spacial score (nSPS) is 14.6. The van der Waals surface area contributed by atoms with Gasteiger partial charge in [-0.3, -0.25) is 29.6 Å². The van der Waals surface area contributed by atoms with Gasteiger partial charge in [0.2, 0.25) is 15.9 Å². The Morgan fingerprint density at radius 2 is 1.76 bits per heavy atom. The summed E-state index contributed by atoms with van der Waals surface area (Å²) in [5, 5.41) is 13.3. The second-order valence-corrected chi connectivity index (χ2v) is 12.3. The molecule has 2 heterocycles. The van der Waals surface area contributed by atoms with Crippen molar-refractivity contribution in [3.63, 3.8) is 0 Å². The molecule has 0 aliphatic carbocycles. The van der Waals surface area contributed by atoms with E-state index in [9.17, 15) is 22.8 Å². The molecule has 1 aliphatic rings. The quantitative estimate of drug-likeness (QED) is 0.234. The molecule has 1 aliphatic heterocycles. The Balaban J connectivity index is 1.38. The van der Waals surface area contributed by atoms with Crippen molar-refractivity contribution < 1.29 is 22.7 Å². The molecule has 3 aromatic rings. The maximum atomic E-state index is 13.2. The monoisotopic (exact) mass is 580 g/mol. The van der Waals surface area contributed by atoms with Crippen LogP contribution in [0.2, 0.25) is 0 Å². The predicted octanol–water partition coefficient (Wildman–Crippen LogP) is 2.84. The van der Waals surface area contributed by atoms with Gasteiger partial charge < -0.3 is 10.1 Å². The van der Waals surface area contributed by atoms with Crippen LogP contribution < -0.4 is 20.9 Å². The summed E-state index contributed by atoms with van der Waals surface area (Å²) >= 11 is 0. The fourth-order valence-electron chi connectivity index (χ4n) is 4.29. The summed E-state index contributed by atoms with van der Waals surface area (Å²) in [5.41, 5.74) is 0.211. The van der Waals surface area contributed by atoms with Crippen molar-refractivity contribution in [3.05, 3.63) is 93.7 Å². The predicted molar refractivity (Wildman–Crippen MR) is 153 cm³/mol. The van der Waals surface area contributed by atoms with E-state index in [4.69, 9.17) is 10.1 Å². The van der Waals surface area contributed by atoms with Gasteiger partial charge in [-0.2, -0.15) is 0 Å². The highest BCUT2D eigenvalue weighted by molar-refractivity contribution is 7.91. The highest BCUT2D eigenvalue weighted by atomic mass is 32.2. The molecule has 1 atom stereocenters. The number of hydrogen-bond donors (Lipinski definition) is 4. The summed E-state index contributed by atoms with van der Waals surface area (Å²) in [4.78, 5) is 42.4. The van der Waals surface area contributed by atoms with Crippen LogP contribution in [0.25, 0.3) is 0 Å². The average Bonchev–Trinajstić information content (AvgIpc) is 3.33. The van der Waals surface area contributed by atoms with Crippen LogP contribution in [0.4, 0.5) is 10.5 Å². The molecule has 0 fully saturated rings. The highest BCUT2D eigenvalue weighted by Crippen LogP contribution is 2.24. The van der Waals surface area contributed by atoms with E-state index in [1.54, 1.807) is 75.4 Å². The molecule has 13 heteroatoms. The van der Waals surface area contributed by atoms with Gasteiger partial charge in [0, 0.05) is 18.5 Å². The zero-order valence-corrected chi connectivity index (χ0v) is 23.7. The summed E-state index contributed by atoms with van der Waals surface area (Å²) in [5.74, 6) is -0.435. The van der Waals surface area contributed by atoms with Crippen LogP contribution in [-0.4, -0.2) is 41.4 Å². The number of carbonyl (C=O) groups excluding carboxylic acids is 2. The number of amides is 2.